The smallest absolute Gasteiger partial charge is 0.497 e. The first-order chi connectivity index (χ1) is 11.4. The highest BCUT2D eigenvalue weighted by Crippen LogP contribution is 2.28. The largest absolute Gasteiger partial charge is 0.573 e. The molecule has 24 heavy (non-hydrogen) atoms. The van der Waals surface area contributed by atoms with Crippen LogP contribution in [-0.2, 0) is 5.75 Å². The number of aromatic amines is 1. The predicted octanol–water partition coefficient (Wildman–Crippen LogP) is 4.16. The Morgan fingerprint density at radius 3 is 2.75 bits per heavy atom. The summed E-state index contributed by atoms with van der Waals surface area (Å²) in [5.74, 6) is 0.954. The molecule has 5 nitrogen and oxygen atoms in total. The summed E-state index contributed by atoms with van der Waals surface area (Å²) in [4.78, 5) is 11.5. The summed E-state index contributed by atoms with van der Waals surface area (Å²) in [6, 6.07) is 7.54. The van der Waals surface area contributed by atoms with Gasteiger partial charge in [-0.1, -0.05) is 11.8 Å². The van der Waals surface area contributed by atoms with E-state index in [0.717, 1.165) is 5.69 Å². The molecule has 3 aromatic rings. The molecule has 3 rings (SSSR count). The minimum absolute atomic E-state index is 0.299. The molecular weight excluding hydrogens is 343 g/mol. The third-order valence-corrected chi connectivity index (χ3v) is 3.95. The lowest BCUT2D eigenvalue weighted by Gasteiger charge is -2.07. The second-order valence-electron chi connectivity index (χ2n) is 4.74. The molecular formula is C15H12F3N3O2S. The minimum atomic E-state index is -4.72. The number of pyridine rings is 1. The summed E-state index contributed by atoms with van der Waals surface area (Å²) in [6.45, 7) is 0. The van der Waals surface area contributed by atoms with E-state index in [1.54, 1.807) is 19.4 Å². The van der Waals surface area contributed by atoms with Crippen molar-refractivity contribution >= 4 is 22.8 Å². The van der Waals surface area contributed by atoms with Crippen molar-refractivity contribution in [3.63, 3.8) is 0 Å². The molecule has 0 saturated carbocycles. The van der Waals surface area contributed by atoms with Crippen molar-refractivity contribution in [2.24, 2.45) is 0 Å². The Kier molecular flexibility index (Phi) is 4.52. The van der Waals surface area contributed by atoms with Crippen LogP contribution in [0.3, 0.4) is 0 Å². The first-order valence-corrected chi connectivity index (χ1v) is 7.79. The van der Waals surface area contributed by atoms with E-state index in [-0.39, 0.29) is 5.75 Å². The van der Waals surface area contributed by atoms with Gasteiger partial charge in [0, 0.05) is 24.1 Å². The van der Waals surface area contributed by atoms with Crippen molar-refractivity contribution in [2.75, 3.05) is 7.11 Å². The first-order valence-electron chi connectivity index (χ1n) is 6.80. The summed E-state index contributed by atoms with van der Waals surface area (Å²) in [7, 11) is 1.58. The van der Waals surface area contributed by atoms with Crippen LogP contribution in [0.1, 0.15) is 5.69 Å². The summed E-state index contributed by atoms with van der Waals surface area (Å²) in [5, 5.41) is 0.582. The van der Waals surface area contributed by atoms with Gasteiger partial charge in [0.25, 0.3) is 0 Å². The molecule has 1 N–H and O–H groups in total. The van der Waals surface area contributed by atoms with Crippen molar-refractivity contribution < 1.29 is 22.6 Å². The highest BCUT2D eigenvalue weighted by atomic mass is 32.2. The van der Waals surface area contributed by atoms with E-state index >= 15 is 0 Å². The Hall–Kier alpha value is -2.42. The number of nitrogens with zero attached hydrogens (tertiary/aromatic N) is 2. The number of halogens is 3. The van der Waals surface area contributed by atoms with Crippen LogP contribution in [-0.4, -0.2) is 28.4 Å². The molecule has 0 aliphatic carbocycles. The standard InChI is InChI=1S/C15H12F3N3O2S/c1-22-10-4-5-19-9(6-10)8-24-14-20-12-3-2-11(7-13(12)21-14)23-15(16,17)18/h2-7H,8H2,1H3,(H,20,21). The van der Waals surface area contributed by atoms with Gasteiger partial charge in [-0.2, -0.15) is 0 Å². The highest BCUT2D eigenvalue weighted by molar-refractivity contribution is 7.98. The fourth-order valence-corrected chi connectivity index (χ4v) is 2.82. The SMILES string of the molecule is COc1ccnc(CSc2nc3cc(OC(F)(F)F)ccc3[nH]2)c1. The van der Waals surface area contributed by atoms with Gasteiger partial charge in [-0.05, 0) is 18.2 Å². The Morgan fingerprint density at radius 2 is 2.00 bits per heavy atom. The highest BCUT2D eigenvalue weighted by Gasteiger charge is 2.31. The number of hydrogen-bond donors (Lipinski definition) is 1. The van der Waals surface area contributed by atoms with E-state index in [4.69, 9.17) is 4.74 Å². The van der Waals surface area contributed by atoms with Gasteiger partial charge in [-0.25, -0.2) is 4.98 Å². The lowest BCUT2D eigenvalue weighted by Crippen LogP contribution is -2.16. The number of ether oxygens (including phenoxy) is 2. The molecule has 2 heterocycles. The van der Waals surface area contributed by atoms with E-state index in [0.29, 0.717) is 27.7 Å². The van der Waals surface area contributed by atoms with Crippen LogP contribution >= 0.6 is 11.8 Å². The van der Waals surface area contributed by atoms with Crippen LogP contribution in [0.2, 0.25) is 0 Å². The maximum atomic E-state index is 12.2. The van der Waals surface area contributed by atoms with Gasteiger partial charge in [0.2, 0.25) is 0 Å². The molecule has 0 spiro atoms. The van der Waals surface area contributed by atoms with Gasteiger partial charge in [-0.15, -0.1) is 13.2 Å². The van der Waals surface area contributed by atoms with Crippen molar-refractivity contribution in [3.05, 3.63) is 42.2 Å². The molecule has 0 amide bonds. The number of fused-ring (bicyclic) bond motifs is 1. The Bertz CT molecular complexity index is 851. The van der Waals surface area contributed by atoms with Gasteiger partial charge >= 0.3 is 6.36 Å². The van der Waals surface area contributed by atoms with Crippen LogP contribution < -0.4 is 9.47 Å². The fourth-order valence-electron chi connectivity index (χ4n) is 2.03. The van der Waals surface area contributed by atoms with Crippen molar-refractivity contribution in [1.82, 2.24) is 15.0 Å². The van der Waals surface area contributed by atoms with E-state index in [1.165, 1.54) is 30.0 Å². The van der Waals surface area contributed by atoms with Crippen molar-refractivity contribution in [1.29, 1.82) is 0 Å². The zero-order valence-electron chi connectivity index (χ0n) is 12.4. The normalized spacial score (nSPS) is 11.7. The maximum absolute atomic E-state index is 12.2. The molecule has 9 heteroatoms. The summed E-state index contributed by atoms with van der Waals surface area (Å²) >= 11 is 1.39. The average Bonchev–Trinajstić information content (AvgIpc) is 2.93. The summed E-state index contributed by atoms with van der Waals surface area (Å²) in [6.07, 6.45) is -3.08. The number of rotatable bonds is 5. The second kappa shape index (κ2) is 6.60. The Balaban J connectivity index is 1.73. The van der Waals surface area contributed by atoms with Crippen LogP contribution in [0.5, 0.6) is 11.5 Å². The number of hydrogen-bond acceptors (Lipinski definition) is 5. The zero-order valence-corrected chi connectivity index (χ0v) is 13.2. The van der Waals surface area contributed by atoms with Crippen LogP contribution in [0.4, 0.5) is 13.2 Å². The van der Waals surface area contributed by atoms with Gasteiger partial charge < -0.3 is 14.5 Å². The minimum Gasteiger partial charge on any atom is -0.497 e. The second-order valence-corrected chi connectivity index (χ2v) is 5.71. The Morgan fingerprint density at radius 1 is 1.17 bits per heavy atom. The van der Waals surface area contributed by atoms with Gasteiger partial charge in [0.05, 0.1) is 23.8 Å². The molecule has 0 aliphatic heterocycles. The number of imidazole rings is 1. The Labute approximate surface area is 139 Å². The zero-order chi connectivity index (χ0) is 17.2. The third-order valence-electron chi connectivity index (χ3n) is 3.05. The number of methoxy groups -OCH3 is 1. The van der Waals surface area contributed by atoms with Crippen molar-refractivity contribution in [3.8, 4) is 11.5 Å². The van der Waals surface area contributed by atoms with Gasteiger partial charge in [-0.3, -0.25) is 4.98 Å². The molecule has 0 radical (unpaired) electrons. The first kappa shape index (κ1) is 16.4. The van der Waals surface area contributed by atoms with E-state index < -0.39 is 6.36 Å². The number of aromatic nitrogens is 3. The topological polar surface area (TPSA) is 60.0 Å². The number of nitrogens with one attached hydrogen (secondary N) is 1. The van der Waals surface area contributed by atoms with E-state index in [2.05, 4.69) is 19.7 Å². The molecule has 126 valence electrons. The summed E-state index contributed by atoms with van der Waals surface area (Å²) < 4.78 is 45.8. The number of thioether (sulfide) groups is 1. The maximum Gasteiger partial charge on any atom is 0.573 e. The molecule has 1 aromatic carbocycles. The van der Waals surface area contributed by atoms with Gasteiger partial charge in [0.15, 0.2) is 5.16 Å². The average molecular weight is 355 g/mol. The number of benzene rings is 1. The number of alkyl halides is 3. The fraction of sp³-hybridized carbons (Fsp3) is 0.200. The quantitative estimate of drug-likeness (QED) is 0.697. The molecule has 0 fully saturated rings. The lowest BCUT2D eigenvalue weighted by atomic mass is 10.3. The van der Waals surface area contributed by atoms with Gasteiger partial charge in [0.1, 0.15) is 11.5 Å². The molecule has 0 atom stereocenters. The van der Waals surface area contributed by atoms with E-state index in [9.17, 15) is 13.2 Å². The van der Waals surface area contributed by atoms with Crippen LogP contribution in [0.15, 0.2) is 41.7 Å². The van der Waals surface area contributed by atoms with Crippen LogP contribution in [0, 0.1) is 0 Å². The molecule has 0 aliphatic rings. The number of H-pyrrole nitrogens is 1. The molecule has 0 bridgehead atoms. The molecule has 0 unspecified atom stereocenters. The summed E-state index contributed by atoms with van der Waals surface area (Å²) in [5.41, 5.74) is 1.84. The third kappa shape index (κ3) is 4.10. The lowest BCUT2D eigenvalue weighted by molar-refractivity contribution is -0.274. The monoisotopic (exact) mass is 355 g/mol. The molecule has 0 saturated heterocycles. The molecule has 2 aromatic heterocycles. The van der Waals surface area contributed by atoms with Crippen LogP contribution in [0.25, 0.3) is 11.0 Å². The van der Waals surface area contributed by atoms with Crippen molar-refractivity contribution in [2.45, 2.75) is 17.3 Å². The van der Waals surface area contributed by atoms with E-state index in [1.807, 2.05) is 6.07 Å². The predicted molar refractivity (Wildman–Crippen MR) is 83.1 cm³/mol.